The fourth-order valence-corrected chi connectivity index (χ4v) is 7.12. The van der Waals surface area contributed by atoms with Crippen molar-refractivity contribution in [3.63, 3.8) is 0 Å². The summed E-state index contributed by atoms with van der Waals surface area (Å²) in [7, 11) is -3.36. The van der Waals surface area contributed by atoms with Crippen molar-refractivity contribution in [3.8, 4) is 0 Å². The van der Waals surface area contributed by atoms with Gasteiger partial charge in [-0.05, 0) is 80.5 Å². The summed E-state index contributed by atoms with van der Waals surface area (Å²) in [6, 6.07) is 7.82. The summed E-state index contributed by atoms with van der Waals surface area (Å²) >= 11 is 0. The van der Waals surface area contributed by atoms with Crippen molar-refractivity contribution in [1.82, 2.24) is 9.21 Å². The summed E-state index contributed by atoms with van der Waals surface area (Å²) in [6.07, 6.45) is 11.1. The van der Waals surface area contributed by atoms with Crippen LogP contribution in [-0.4, -0.2) is 50.3 Å². The molecule has 2 saturated heterocycles. The van der Waals surface area contributed by atoms with E-state index < -0.39 is 10.0 Å². The molecule has 1 aromatic rings. The Morgan fingerprint density at radius 2 is 1.55 bits per heavy atom. The van der Waals surface area contributed by atoms with Crippen molar-refractivity contribution in [2.45, 2.75) is 75.5 Å². The van der Waals surface area contributed by atoms with E-state index in [9.17, 15) is 8.42 Å². The Hall–Kier alpha value is -0.910. The molecular weight excluding hydrogens is 380 g/mol. The Labute approximate surface area is 177 Å². The molecule has 0 bridgehead atoms. The third kappa shape index (κ3) is 5.23. The molecule has 0 aromatic heterocycles. The predicted molar refractivity (Wildman–Crippen MR) is 119 cm³/mol. The molecule has 1 aromatic carbocycles. The maximum absolute atomic E-state index is 13.1. The number of likely N-dealkylation sites (tertiary alicyclic amines) is 1. The van der Waals surface area contributed by atoms with E-state index in [4.69, 9.17) is 0 Å². The maximum Gasteiger partial charge on any atom is 0.243 e. The molecule has 4 nitrogen and oxygen atoms in total. The maximum atomic E-state index is 13.1. The lowest BCUT2D eigenvalue weighted by Gasteiger charge is -2.37. The molecule has 0 amide bonds. The van der Waals surface area contributed by atoms with Crippen molar-refractivity contribution in [2.24, 2.45) is 11.8 Å². The first-order valence-electron chi connectivity index (χ1n) is 11.8. The van der Waals surface area contributed by atoms with E-state index in [2.05, 4.69) is 24.0 Å². The van der Waals surface area contributed by atoms with E-state index in [1.807, 2.05) is 12.1 Å². The van der Waals surface area contributed by atoms with Crippen LogP contribution in [-0.2, 0) is 10.0 Å². The topological polar surface area (TPSA) is 40.6 Å². The standard InChI is InChI=1S/C24H38N2O2S/c1-20-6-5-15-25(18-20)19-21-13-16-26(17-14-21)29(27,28)24-11-9-23(10-12-24)22-7-3-2-4-8-22/h9-12,20-22H,2-8,13-19H2,1H3/t20-/m0/s1. The molecule has 4 rings (SSSR count). The first-order chi connectivity index (χ1) is 14.0. The first-order valence-corrected chi connectivity index (χ1v) is 13.3. The van der Waals surface area contributed by atoms with Crippen LogP contribution < -0.4 is 0 Å². The van der Waals surface area contributed by atoms with E-state index >= 15 is 0 Å². The van der Waals surface area contributed by atoms with Gasteiger partial charge < -0.3 is 4.90 Å². The molecule has 1 saturated carbocycles. The second-order valence-corrected chi connectivity index (χ2v) is 11.7. The second kappa shape index (κ2) is 9.49. The van der Waals surface area contributed by atoms with Gasteiger partial charge in [-0.2, -0.15) is 4.31 Å². The molecule has 5 heteroatoms. The summed E-state index contributed by atoms with van der Waals surface area (Å²) in [5.41, 5.74) is 1.32. The predicted octanol–water partition coefficient (Wildman–Crippen LogP) is 4.87. The second-order valence-electron chi connectivity index (χ2n) is 9.76. The largest absolute Gasteiger partial charge is 0.303 e. The van der Waals surface area contributed by atoms with Gasteiger partial charge in [0.15, 0.2) is 0 Å². The molecule has 3 aliphatic rings. The van der Waals surface area contributed by atoms with E-state index in [1.54, 1.807) is 4.31 Å². The Morgan fingerprint density at radius 3 is 2.21 bits per heavy atom. The number of piperidine rings is 2. The lowest BCUT2D eigenvalue weighted by molar-refractivity contribution is 0.136. The molecule has 1 aliphatic carbocycles. The monoisotopic (exact) mass is 418 g/mol. The summed E-state index contributed by atoms with van der Waals surface area (Å²) in [5, 5.41) is 0. The third-order valence-electron chi connectivity index (χ3n) is 7.43. The molecule has 0 radical (unpaired) electrons. The van der Waals surface area contributed by atoms with Crippen LogP contribution in [0.1, 0.15) is 76.2 Å². The quantitative estimate of drug-likeness (QED) is 0.685. The minimum Gasteiger partial charge on any atom is -0.303 e. The van der Waals surface area contributed by atoms with Crippen LogP contribution in [0.2, 0.25) is 0 Å². The van der Waals surface area contributed by atoms with Gasteiger partial charge in [-0.25, -0.2) is 8.42 Å². The minimum absolute atomic E-state index is 0.473. The average Bonchev–Trinajstić information content (AvgIpc) is 2.75. The van der Waals surface area contributed by atoms with Gasteiger partial charge in [-0.1, -0.05) is 38.3 Å². The fraction of sp³-hybridized carbons (Fsp3) is 0.750. The molecule has 0 unspecified atom stereocenters. The zero-order chi connectivity index (χ0) is 20.3. The average molecular weight is 419 g/mol. The highest BCUT2D eigenvalue weighted by Gasteiger charge is 2.31. The highest BCUT2D eigenvalue weighted by atomic mass is 32.2. The van der Waals surface area contributed by atoms with Crippen LogP contribution in [0.15, 0.2) is 29.2 Å². The number of hydrogen-bond donors (Lipinski definition) is 0. The van der Waals surface area contributed by atoms with E-state index in [0.717, 1.165) is 25.3 Å². The van der Waals surface area contributed by atoms with Crippen molar-refractivity contribution in [2.75, 3.05) is 32.7 Å². The van der Waals surface area contributed by atoms with Crippen molar-refractivity contribution < 1.29 is 8.42 Å². The SMILES string of the molecule is C[C@H]1CCCN(CC2CCN(S(=O)(=O)c3ccc(C4CCCCC4)cc3)CC2)C1. The van der Waals surface area contributed by atoms with E-state index in [0.29, 0.717) is 29.8 Å². The molecule has 3 fully saturated rings. The Kier molecular flexibility index (Phi) is 6.98. The van der Waals surface area contributed by atoms with Gasteiger partial charge in [0.2, 0.25) is 10.0 Å². The summed E-state index contributed by atoms with van der Waals surface area (Å²) in [6.45, 7) is 7.26. The number of rotatable bonds is 5. The molecule has 2 aliphatic heterocycles. The number of sulfonamides is 1. The lowest BCUT2D eigenvalue weighted by Crippen LogP contribution is -2.43. The highest BCUT2D eigenvalue weighted by molar-refractivity contribution is 7.89. The molecule has 2 heterocycles. The van der Waals surface area contributed by atoms with Crippen molar-refractivity contribution in [1.29, 1.82) is 0 Å². The van der Waals surface area contributed by atoms with Crippen molar-refractivity contribution >= 4 is 10.0 Å². The summed E-state index contributed by atoms with van der Waals surface area (Å²) in [5.74, 6) is 2.06. The van der Waals surface area contributed by atoms with Crippen LogP contribution in [0.5, 0.6) is 0 Å². The van der Waals surface area contributed by atoms with Gasteiger partial charge in [0.1, 0.15) is 0 Å². The molecule has 29 heavy (non-hydrogen) atoms. The van der Waals surface area contributed by atoms with Crippen molar-refractivity contribution in [3.05, 3.63) is 29.8 Å². The van der Waals surface area contributed by atoms with Gasteiger partial charge in [-0.15, -0.1) is 0 Å². The normalized spacial score (nSPS) is 26.6. The van der Waals surface area contributed by atoms with Gasteiger partial charge in [-0.3, -0.25) is 0 Å². The molecule has 0 N–H and O–H groups in total. The first kappa shape index (κ1) is 21.3. The van der Waals surface area contributed by atoms with Crippen LogP contribution >= 0.6 is 0 Å². The van der Waals surface area contributed by atoms with Gasteiger partial charge >= 0.3 is 0 Å². The Morgan fingerprint density at radius 1 is 0.862 bits per heavy atom. The van der Waals surface area contributed by atoms with Crippen LogP contribution in [0.4, 0.5) is 0 Å². The number of benzene rings is 1. The number of hydrogen-bond acceptors (Lipinski definition) is 3. The van der Waals surface area contributed by atoms with Crippen LogP contribution in [0.25, 0.3) is 0 Å². The van der Waals surface area contributed by atoms with E-state index in [1.165, 1.54) is 63.6 Å². The Bertz CT molecular complexity index is 748. The van der Waals surface area contributed by atoms with Gasteiger partial charge in [0.05, 0.1) is 4.90 Å². The Balaban J connectivity index is 1.32. The fourth-order valence-electron chi connectivity index (χ4n) is 5.65. The zero-order valence-electron chi connectivity index (χ0n) is 18.1. The minimum atomic E-state index is -3.36. The third-order valence-corrected chi connectivity index (χ3v) is 9.34. The van der Waals surface area contributed by atoms with E-state index in [-0.39, 0.29) is 0 Å². The summed E-state index contributed by atoms with van der Waals surface area (Å²) in [4.78, 5) is 3.08. The highest BCUT2D eigenvalue weighted by Crippen LogP contribution is 2.33. The molecule has 1 atom stereocenters. The summed E-state index contributed by atoms with van der Waals surface area (Å²) < 4.78 is 28.0. The van der Waals surface area contributed by atoms with Gasteiger partial charge in [0.25, 0.3) is 0 Å². The number of nitrogens with zero attached hydrogens (tertiary/aromatic N) is 2. The smallest absolute Gasteiger partial charge is 0.243 e. The molecular formula is C24H38N2O2S. The van der Waals surface area contributed by atoms with Crippen LogP contribution in [0.3, 0.4) is 0 Å². The van der Waals surface area contributed by atoms with Crippen LogP contribution in [0, 0.1) is 11.8 Å². The lowest BCUT2D eigenvalue weighted by atomic mass is 9.84. The zero-order valence-corrected chi connectivity index (χ0v) is 18.9. The molecule has 162 valence electrons. The molecule has 0 spiro atoms. The van der Waals surface area contributed by atoms with Gasteiger partial charge in [0, 0.05) is 26.2 Å².